The van der Waals surface area contributed by atoms with Crippen LogP contribution in [-0.2, 0) is 19.1 Å². The van der Waals surface area contributed by atoms with Gasteiger partial charge >= 0.3 is 11.9 Å². The maximum Gasteiger partial charge on any atom is 0.306 e. The second-order valence-electron chi connectivity index (χ2n) is 14.1. The fourth-order valence-electron chi connectivity index (χ4n) is 5.65. The highest BCUT2D eigenvalue weighted by Crippen LogP contribution is 2.13. The molecule has 0 aromatic carbocycles. The Morgan fingerprint density at radius 1 is 0.404 bits per heavy atom. The summed E-state index contributed by atoms with van der Waals surface area (Å²) in [4.78, 5) is 24.0. The lowest BCUT2D eigenvalue weighted by Gasteiger charge is -2.12. The number of carbonyl (C=O) groups excluding carboxylic acids is 2. The van der Waals surface area contributed by atoms with Crippen molar-refractivity contribution in [1.29, 1.82) is 0 Å². The van der Waals surface area contributed by atoms with Crippen LogP contribution in [0.3, 0.4) is 0 Å². The van der Waals surface area contributed by atoms with Gasteiger partial charge < -0.3 is 14.6 Å². The first-order valence-electron chi connectivity index (χ1n) is 21.5. The van der Waals surface area contributed by atoms with E-state index in [9.17, 15) is 14.7 Å². The van der Waals surface area contributed by atoms with Gasteiger partial charge in [0.15, 0.2) is 0 Å². The SMILES string of the molecule is CCCCC/C=C\C/C=C\C/C=C\C/C=C\C/C=C\CCC(=O)OC[C@H](O)COC(=O)CCCCCCCCCCC/C=C\CCCCCCCC. The number of allylic oxidation sites excluding steroid dienone is 12. The van der Waals surface area contributed by atoms with Crippen LogP contribution in [0.15, 0.2) is 72.9 Å². The summed E-state index contributed by atoms with van der Waals surface area (Å²) < 4.78 is 10.3. The molecule has 0 aromatic heterocycles. The van der Waals surface area contributed by atoms with Crippen LogP contribution in [0.4, 0.5) is 0 Å². The van der Waals surface area contributed by atoms with Crippen molar-refractivity contribution in [3.05, 3.63) is 72.9 Å². The number of aliphatic hydroxyl groups excluding tert-OH is 1. The van der Waals surface area contributed by atoms with Crippen LogP contribution in [0.5, 0.6) is 0 Å². The van der Waals surface area contributed by atoms with E-state index >= 15 is 0 Å². The summed E-state index contributed by atoms with van der Waals surface area (Å²) in [5.74, 6) is -0.662. The highest BCUT2D eigenvalue weighted by atomic mass is 16.6. The Hall–Kier alpha value is -2.66. The monoisotopic (exact) mass is 725 g/mol. The minimum absolute atomic E-state index is 0.143. The predicted octanol–water partition coefficient (Wildman–Crippen LogP) is 13.7. The van der Waals surface area contributed by atoms with Gasteiger partial charge in [-0.1, -0.05) is 177 Å². The van der Waals surface area contributed by atoms with Crippen LogP contribution in [0, 0.1) is 0 Å². The van der Waals surface area contributed by atoms with Crippen LogP contribution < -0.4 is 0 Å². The van der Waals surface area contributed by atoms with E-state index in [2.05, 4.69) is 74.6 Å². The van der Waals surface area contributed by atoms with Crippen molar-refractivity contribution in [1.82, 2.24) is 0 Å². The number of rotatable bonds is 38. The lowest BCUT2D eigenvalue weighted by Crippen LogP contribution is -2.25. The molecule has 0 aliphatic carbocycles. The molecule has 0 spiro atoms. The first-order valence-corrected chi connectivity index (χ1v) is 21.5. The third-order valence-corrected chi connectivity index (χ3v) is 8.93. The van der Waals surface area contributed by atoms with Gasteiger partial charge in [0.25, 0.3) is 0 Å². The average Bonchev–Trinajstić information content (AvgIpc) is 3.15. The van der Waals surface area contributed by atoms with Gasteiger partial charge in [-0.3, -0.25) is 9.59 Å². The fourth-order valence-corrected chi connectivity index (χ4v) is 5.65. The number of carbonyl (C=O) groups is 2. The zero-order chi connectivity index (χ0) is 37.8. The second kappa shape index (κ2) is 42.8. The van der Waals surface area contributed by atoms with E-state index in [0.29, 0.717) is 12.8 Å². The van der Waals surface area contributed by atoms with Gasteiger partial charge in [-0.25, -0.2) is 0 Å². The summed E-state index contributed by atoms with van der Waals surface area (Å²) in [5, 5.41) is 10.0. The first-order chi connectivity index (χ1) is 25.6. The lowest BCUT2D eigenvalue weighted by atomic mass is 10.1. The van der Waals surface area contributed by atoms with Crippen LogP contribution in [0.2, 0.25) is 0 Å². The van der Waals surface area contributed by atoms with E-state index in [4.69, 9.17) is 9.47 Å². The smallest absolute Gasteiger partial charge is 0.306 e. The molecule has 5 nitrogen and oxygen atoms in total. The Bertz CT molecular complexity index is 957. The Morgan fingerprint density at radius 3 is 1.17 bits per heavy atom. The van der Waals surface area contributed by atoms with Crippen LogP contribution in [-0.4, -0.2) is 36.4 Å². The van der Waals surface area contributed by atoms with Gasteiger partial charge in [-0.2, -0.15) is 0 Å². The van der Waals surface area contributed by atoms with Crippen molar-refractivity contribution < 1.29 is 24.2 Å². The van der Waals surface area contributed by atoms with Crippen molar-refractivity contribution in [2.75, 3.05) is 13.2 Å². The average molecular weight is 725 g/mol. The standard InChI is InChI=1S/C47H80O5/c1-3-5-7-9-11-13-15-17-19-21-23-25-27-29-31-33-35-37-39-41-46(49)51-43-45(48)44-52-47(50)42-40-38-36-34-32-30-28-26-24-22-20-18-16-14-12-10-8-6-4-2/h11,13,17-20,23,25,29,31,35,37,45,48H,3-10,12,14-16,21-22,24,26-28,30,32-34,36,38-44H2,1-2H3/b13-11-,19-17-,20-18-,25-23-,31-29-,37-35-/t45-/m0/s1. The summed E-state index contributed by atoms with van der Waals surface area (Å²) in [7, 11) is 0. The van der Waals surface area contributed by atoms with Crippen molar-refractivity contribution >= 4 is 11.9 Å². The van der Waals surface area contributed by atoms with E-state index in [0.717, 1.165) is 44.9 Å². The third kappa shape index (κ3) is 41.8. The first kappa shape index (κ1) is 49.3. The molecule has 0 saturated heterocycles. The minimum Gasteiger partial charge on any atom is -0.463 e. The summed E-state index contributed by atoms with van der Waals surface area (Å²) >= 11 is 0. The van der Waals surface area contributed by atoms with Gasteiger partial charge in [-0.05, 0) is 77.0 Å². The highest BCUT2D eigenvalue weighted by molar-refractivity contribution is 5.70. The van der Waals surface area contributed by atoms with Crippen molar-refractivity contribution in [2.45, 2.75) is 200 Å². The number of hydrogen-bond acceptors (Lipinski definition) is 5. The number of aliphatic hydroxyl groups is 1. The Morgan fingerprint density at radius 2 is 0.712 bits per heavy atom. The molecule has 1 N–H and O–H groups in total. The number of ether oxygens (including phenoxy) is 2. The van der Waals surface area contributed by atoms with E-state index in [1.807, 2.05) is 12.2 Å². The molecule has 298 valence electrons. The quantitative estimate of drug-likeness (QED) is 0.0390. The summed E-state index contributed by atoms with van der Waals surface area (Å²) in [5.41, 5.74) is 0. The molecule has 0 bridgehead atoms. The van der Waals surface area contributed by atoms with E-state index in [1.54, 1.807) is 0 Å². The molecular formula is C47H80O5. The molecule has 0 aliphatic heterocycles. The summed E-state index contributed by atoms with van der Waals surface area (Å²) in [6.45, 7) is 4.20. The molecule has 0 aromatic rings. The molecule has 0 aliphatic rings. The lowest BCUT2D eigenvalue weighted by molar-refractivity contribution is -0.152. The zero-order valence-electron chi connectivity index (χ0n) is 33.8. The number of hydrogen-bond donors (Lipinski definition) is 1. The Kier molecular flexibility index (Phi) is 40.6. The van der Waals surface area contributed by atoms with Crippen LogP contribution in [0.1, 0.15) is 194 Å². The van der Waals surface area contributed by atoms with Crippen LogP contribution in [0.25, 0.3) is 0 Å². The molecule has 0 radical (unpaired) electrons. The fraction of sp³-hybridized carbons (Fsp3) is 0.702. The molecule has 0 heterocycles. The number of esters is 2. The van der Waals surface area contributed by atoms with E-state index < -0.39 is 6.10 Å². The summed E-state index contributed by atoms with van der Waals surface area (Å²) in [6.07, 6.45) is 56.8. The second-order valence-corrected chi connectivity index (χ2v) is 14.1. The van der Waals surface area contributed by atoms with Crippen molar-refractivity contribution in [3.63, 3.8) is 0 Å². The van der Waals surface area contributed by atoms with Crippen LogP contribution >= 0.6 is 0 Å². The zero-order valence-corrected chi connectivity index (χ0v) is 33.8. The van der Waals surface area contributed by atoms with Gasteiger partial charge in [0.2, 0.25) is 0 Å². The van der Waals surface area contributed by atoms with Gasteiger partial charge in [0.05, 0.1) is 0 Å². The normalized spacial score (nSPS) is 12.9. The highest BCUT2D eigenvalue weighted by Gasteiger charge is 2.11. The maximum atomic E-state index is 12.0. The molecule has 0 rings (SSSR count). The molecule has 0 fully saturated rings. The summed E-state index contributed by atoms with van der Waals surface area (Å²) in [6, 6.07) is 0. The number of unbranched alkanes of at least 4 members (excludes halogenated alkanes) is 18. The Balaban J connectivity index is 3.55. The predicted molar refractivity (Wildman–Crippen MR) is 223 cm³/mol. The van der Waals surface area contributed by atoms with Gasteiger partial charge in [-0.15, -0.1) is 0 Å². The largest absolute Gasteiger partial charge is 0.463 e. The molecule has 0 unspecified atom stereocenters. The Labute approximate surface area is 321 Å². The third-order valence-electron chi connectivity index (χ3n) is 8.93. The molecule has 0 saturated carbocycles. The molecule has 52 heavy (non-hydrogen) atoms. The minimum atomic E-state index is -0.998. The molecule has 0 amide bonds. The van der Waals surface area contributed by atoms with Gasteiger partial charge in [0.1, 0.15) is 19.3 Å². The van der Waals surface area contributed by atoms with E-state index in [1.165, 1.54) is 116 Å². The topological polar surface area (TPSA) is 72.8 Å². The van der Waals surface area contributed by atoms with Gasteiger partial charge in [0, 0.05) is 12.8 Å². The maximum absolute atomic E-state index is 12.0. The molecular weight excluding hydrogens is 645 g/mol. The van der Waals surface area contributed by atoms with E-state index in [-0.39, 0.29) is 31.6 Å². The molecule has 5 heteroatoms. The van der Waals surface area contributed by atoms with Crippen molar-refractivity contribution in [3.8, 4) is 0 Å². The van der Waals surface area contributed by atoms with Crippen molar-refractivity contribution in [2.24, 2.45) is 0 Å². The molecule has 1 atom stereocenters.